The first kappa shape index (κ1) is 20.8. The maximum absolute atomic E-state index is 10.5. The van der Waals surface area contributed by atoms with E-state index in [1.165, 1.54) is 11.1 Å². The lowest BCUT2D eigenvalue weighted by atomic mass is 10.1. The highest BCUT2D eigenvalue weighted by atomic mass is 32.1. The second-order valence-electron chi connectivity index (χ2n) is 6.68. The van der Waals surface area contributed by atoms with Gasteiger partial charge in [-0.2, -0.15) is 11.3 Å². The van der Waals surface area contributed by atoms with Crippen LogP contribution in [-0.2, 0) is 22.8 Å². The van der Waals surface area contributed by atoms with Crippen LogP contribution in [0.15, 0.2) is 70.5 Å². The molecule has 0 atom stereocenters. The van der Waals surface area contributed by atoms with Gasteiger partial charge in [0.2, 0.25) is 0 Å². The van der Waals surface area contributed by atoms with E-state index in [-0.39, 0.29) is 6.42 Å². The molecule has 3 aromatic rings. The Morgan fingerprint density at radius 1 is 1.03 bits per heavy atom. The Labute approximate surface area is 174 Å². The van der Waals surface area contributed by atoms with Gasteiger partial charge in [0, 0.05) is 13.1 Å². The van der Waals surface area contributed by atoms with E-state index in [1.54, 1.807) is 11.3 Å². The predicted molar refractivity (Wildman–Crippen MR) is 117 cm³/mol. The molecule has 0 bridgehead atoms. The van der Waals surface area contributed by atoms with Gasteiger partial charge in [0.1, 0.15) is 6.61 Å². The summed E-state index contributed by atoms with van der Waals surface area (Å²) >= 11 is 1.69. The highest BCUT2D eigenvalue weighted by Gasteiger charge is 2.02. The summed E-state index contributed by atoms with van der Waals surface area (Å²) in [4.78, 5) is 16.0. The summed E-state index contributed by atoms with van der Waals surface area (Å²) in [7, 11) is 0. The van der Waals surface area contributed by atoms with Crippen molar-refractivity contribution in [2.75, 3.05) is 6.54 Å². The topological polar surface area (TPSA) is 70.9 Å². The fourth-order valence-corrected chi connectivity index (χ4v) is 3.44. The van der Waals surface area contributed by atoms with E-state index < -0.39 is 5.97 Å². The smallest absolute Gasteiger partial charge is 0.304 e. The number of carboxylic acids is 1. The van der Waals surface area contributed by atoms with E-state index in [9.17, 15) is 4.79 Å². The van der Waals surface area contributed by atoms with Crippen LogP contribution in [0, 0.1) is 0 Å². The molecule has 0 aliphatic rings. The molecule has 0 amide bonds. The normalized spacial score (nSPS) is 11.4. The lowest BCUT2D eigenvalue weighted by Crippen LogP contribution is -2.17. The van der Waals surface area contributed by atoms with Gasteiger partial charge in [0.05, 0.1) is 12.1 Å². The van der Waals surface area contributed by atoms with Crippen molar-refractivity contribution in [2.24, 2.45) is 5.16 Å². The molecule has 0 aliphatic carbocycles. The van der Waals surface area contributed by atoms with Crippen molar-refractivity contribution in [3.05, 3.63) is 82.0 Å². The van der Waals surface area contributed by atoms with Crippen molar-refractivity contribution in [3.8, 4) is 11.1 Å². The summed E-state index contributed by atoms with van der Waals surface area (Å²) in [6.07, 6.45) is 0.123. The maximum atomic E-state index is 10.5. The number of aliphatic carboxylic acids is 1. The molecule has 2 N–H and O–H groups in total. The molecule has 0 unspecified atom stereocenters. The van der Waals surface area contributed by atoms with E-state index in [1.807, 2.05) is 31.2 Å². The maximum Gasteiger partial charge on any atom is 0.304 e. The molecule has 150 valence electrons. The van der Waals surface area contributed by atoms with E-state index in [2.05, 4.69) is 51.6 Å². The Hall–Kier alpha value is -2.96. The van der Waals surface area contributed by atoms with Gasteiger partial charge in [-0.1, -0.05) is 53.7 Å². The van der Waals surface area contributed by atoms with Crippen LogP contribution in [0.1, 0.15) is 30.0 Å². The average Bonchev–Trinajstić information content (AvgIpc) is 3.27. The molecule has 29 heavy (non-hydrogen) atoms. The average molecular weight is 409 g/mol. The van der Waals surface area contributed by atoms with Gasteiger partial charge in [-0.3, -0.25) is 4.79 Å². The quantitative estimate of drug-likeness (QED) is 0.284. The first-order valence-electron chi connectivity index (χ1n) is 9.42. The molecule has 1 aromatic heterocycles. The zero-order valence-electron chi connectivity index (χ0n) is 16.3. The predicted octanol–water partition coefficient (Wildman–Crippen LogP) is 4.92. The van der Waals surface area contributed by atoms with Crippen molar-refractivity contribution in [2.45, 2.75) is 26.5 Å². The van der Waals surface area contributed by atoms with E-state index >= 15 is 0 Å². The van der Waals surface area contributed by atoms with Crippen LogP contribution in [0.25, 0.3) is 11.1 Å². The number of rotatable bonds is 10. The van der Waals surface area contributed by atoms with Crippen molar-refractivity contribution >= 4 is 23.0 Å². The minimum atomic E-state index is -0.793. The Balaban J connectivity index is 1.47. The van der Waals surface area contributed by atoms with Crippen molar-refractivity contribution in [1.82, 2.24) is 5.32 Å². The number of carboxylic acid groups (broad SMARTS) is 1. The standard InChI is InChI=1S/C23H24N2O3S/c1-17(20-6-2-18(3-7-20)14-24-12-10-23(26)27)25-28-15-19-4-8-21(9-5-19)22-11-13-29-16-22/h2-9,11,13,16,24H,10,12,14-15H2,1H3,(H,26,27). The Morgan fingerprint density at radius 2 is 1.76 bits per heavy atom. The fourth-order valence-electron chi connectivity index (χ4n) is 2.77. The molecule has 0 radical (unpaired) electrons. The zero-order valence-corrected chi connectivity index (χ0v) is 17.1. The molecule has 0 saturated heterocycles. The first-order valence-corrected chi connectivity index (χ1v) is 10.4. The van der Waals surface area contributed by atoms with Crippen LogP contribution in [0.5, 0.6) is 0 Å². The lowest BCUT2D eigenvalue weighted by Gasteiger charge is -2.06. The highest BCUT2D eigenvalue weighted by Crippen LogP contribution is 2.22. The molecule has 5 nitrogen and oxygen atoms in total. The van der Waals surface area contributed by atoms with Crippen molar-refractivity contribution in [3.63, 3.8) is 0 Å². The van der Waals surface area contributed by atoms with E-state index in [4.69, 9.17) is 9.94 Å². The molecule has 6 heteroatoms. The number of benzene rings is 2. The van der Waals surface area contributed by atoms with Crippen LogP contribution < -0.4 is 5.32 Å². The summed E-state index contributed by atoms with van der Waals surface area (Å²) in [5.74, 6) is -0.793. The number of oxime groups is 1. The van der Waals surface area contributed by atoms with Gasteiger partial charge in [0.15, 0.2) is 0 Å². The Bertz CT molecular complexity index is 933. The van der Waals surface area contributed by atoms with Crippen molar-refractivity contribution < 1.29 is 14.7 Å². The van der Waals surface area contributed by atoms with E-state index in [0.29, 0.717) is 19.7 Å². The molecule has 3 rings (SSSR count). The van der Waals surface area contributed by atoms with Crippen LogP contribution >= 0.6 is 11.3 Å². The molecular weight excluding hydrogens is 384 g/mol. The number of carbonyl (C=O) groups is 1. The second kappa shape index (κ2) is 10.5. The van der Waals surface area contributed by atoms with Crippen LogP contribution in [0.4, 0.5) is 0 Å². The second-order valence-corrected chi connectivity index (χ2v) is 7.46. The third-order valence-corrected chi connectivity index (χ3v) is 5.14. The zero-order chi connectivity index (χ0) is 20.5. The van der Waals surface area contributed by atoms with Crippen LogP contribution in [0.2, 0.25) is 0 Å². The Morgan fingerprint density at radius 3 is 2.41 bits per heavy atom. The molecule has 2 aromatic carbocycles. The van der Waals surface area contributed by atoms with Gasteiger partial charge >= 0.3 is 5.97 Å². The van der Waals surface area contributed by atoms with Crippen LogP contribution in [-0.4, -0.2) is 23.3 Å². The van der Waals surface area contributed by atoms with E-state index in [0.717, 1.165) is 22.4 Å². The molecular formula is C23H24N2O3S. The molecule has 0 spiro atoms. The molecule has 0 saturated carbocycles. The van der Waals surface area contributed by atoms with Gasteiger partial charge in [-0.05, 0) is 51.6 Å². The third-order valence-electron chi connectivity index (χ3n) is 4.46. The first-order chi connectivity index (χ1) is 14.1. The number of hydrogen-bond acceptors (Lipinski definition) is 5. The SMILES string of the molecule is CC(=NOCc1ccc(-c2ccsc2)cc1)c1ccc(CNCCC(=O)O)cc1. The number of hydrogen-bond donors (Lipinski definition) is 2. The summed E-state index contributed by atoms with van der Waals surface area (Å²) in [6.45, 7) is 3.44. The summed E-state index contributed by atoms with van der Waals surface area (Å²) in [5.41, 5.74) is 6.41. The lowest BCUT2D eigenvalue weighted by molar-refractivity contribution is -0.136. The van der Waals surface area contributed by atoms with Crippen molar-refractivity contribution in [1.29, 1.82) is 0 Å². The van der Waals surface area contributed by atoms with Gasteiger partial charge in [0.25, 0.3) is 0 Å². The number of nitrogens with one attached hydrogen (secondary N) is 1. The number of nitrogens with zero attached hydrogens (tertiary/aromatic N) is 1. The fraction of sp³-hybridized carbons (Fsp3) is 0.217. The molecule has 0 fully saturated rings. The van der Waals surface area contributed by atoms with Gasteiger partial charge < -0.3 is 15.3 Å². The van der Waals surface area contributed by atoms with Gasteiger partial charge in [-0.15, -0.1) is 0 Å². The van der Waals surface area contributed by atoms with Gasteiger partial charge in [-0.25, -0.2) is 0 Å². The monoisotopic (exact) mass is 408 g/mol. The molecule has 1 heterocycles. The summed E-state index contributed by atoms with van der Waals surface area (Å²) in [5, 5.41) is 20.2. The Kier molecular flexibility index (Phi) is 7.55. The van der Waals surface area contributed by atoms with Crippen LogP contribution in [0.3, 0.4) is 0 Å². The third kappa shape index (κ3) is 6.55. The highest BCUT2D eigenvalue weighted by molar-refractivity contribution is 7.08. The summed E-state index contributed by atoms with van der Waals surface area (Å²) < 4.78 is 0. The number of thiophene rings is 1. The minimum absolute atomic E-state index is 0.123. The molecule has 0 aliphatic heterocycles. The largest absolute Gasteiger partial charge is 0.481 e. The summed E-state index contributed by atoms with van der Waals surface area (Å²) in [6, 6.07) is 18.4. The minimum Gasteiger partial charge on any atom is -0.481 e.